The van der Waals surface area contributed by atoms with Gasteiger partial charge in [0.1, 0.15) is 0 Å². The number of rotatable bonds is 5. The third-order valence-electron chi connectivity index (χ3n) is 4.65. The van der Waals surface area contributed by atoms with Gasteiger partial charge in [-0.1, -0.05) is 36.3 Å². The van der Waals surface area contributed by atoms with E-state index in [0.717, 1.165) is 11.1 Å². The summed E-state index contributed by atoms with van der Waals surface area (Å²) in [6, 6.07) is 18.2. The number of carbonyl (C=O) groups is 2. The van der Waals surface area contributed by atoms with Crippen LogP contribution in [0.2, 0.25) is 0 Å². The Morgan fingerprint density at radius 3 is 2.48 bits per heavy atom. The fourth-order valence-corrected chi connectivity index (χ4v) is 3.24. The molecule has 0 saturated heterocycles. The van der Waals surface area contributed by atoms with E-state index >= 15 is 0 Å². The molecule has 0 unspecified atom stereocenters. The van der Waals surface area contributed by atoms with Crippen LogP contribution in [0.1, 0.15) is 26.4 Å². The Labute approximate surface area is 168 Å². The van der Waals surface area contributed by atoms with Gasteiger partial charge in [-0.2, -0.15) is 0 Å². The second kappa shape index (κ2) is 7.83. The molecule has 1 aromatic carbocycles. The van der Waals surface area contributed by atoms with Crippen LogP contribution in [0.15, 0.2) is 79.3 Å². The maximum Gasteiger partial charge on any atom is 0.254 e. The van der Waals surface area contributed by atoms with Gasteiger partial charge in [0.05, 0.1) is 23.3 Å². The lowest BCUT2D eigenvalue weighted by atomic mass is 10.1. The van der Waals surface area contributed by atoms with Crippen LogP contribution in [0, 0.1) is 12.3 Å². The van der Waals surface area contributed by atoms with Gasteiger partial charge in [-0.3, -0.25) is 14.6 Å². The Bertz CT molecular complexity index is 1240. The minimum absolute atomic E-state index is 0.113. The quantitative estimate of drug-likeness (QED) is 0.426. The lowest BCUT2D eigenvalue weighted by Gasteiger charge is -2.06. The molecule has 3 heterocycles. The molecule has 4 rings (SSSR count). The summed E-state index contributed by atoms with van der Waals surface area (Å²) < 4.78 is 1.74. The van der Waals surface area contributed by atoms with Crippen molar-refractivity contribution < 1.29 is 9.59 Å². The summed E-state index contributed by atoms with van der Waals surface area (Å²) in [5, 5.41) is 2.68. The number of nitrogens with zero attached hydrogens (tertiary/aromatic N) is 2. The van der Waals surface area contributed by atoms with Gasteiger partial charge in [0.15, 0.2) is 0 Å². The maximum atomic E-state index is 13.1. The second-order valence-corrected chi connectivity index (χ2v) is 6.43. The van der Waals surface area contributed by atoms with Crippen LogP contribution in [0.3, 0.4) is 0 Å². The molecular weight excluding hydrogens is 362 g/mol. The summed E-state index contributed by atoms with van der Waals surface area (Å²) in [7, 11) is 0. The van der Waals surface area contributed by atoms with Crippen molar-refractivity contribution in [2.75, 3.05) is 6.54 Å². The van der Waals surface area contributed by atoms with Crippen LogP contribution in [0.25, 0.3) is 16.6 Å². The van der Waals surface area contributed by atoms with Crippen LogP contribution in [-0.4, -0.2) is 27.6 Å². The van der Waals surface area contributed by atoms with Crippen molar-refractivity contribution in [2.45, 2.75) is 0 Å². The summed E-state index contributed by atoms with van der Waals surface area (Å²) in [5.74, 6) is 1.92. The van der Waals surface area contributed by atoms with Crippen molar-refractivity contribution in [3.63, 3.8) is 0 Å². The number of ketones is 1. The molecule has 4 aromatic rings. The monoisotopic (exact) mass is 379 g/mol. The second-order valence-electron chi connectivity index (χ2n) is 6.43. The van der Waals surface area contributed by atoms with Crippen LogP contribution < -0.4 is 5.32 Å². The van der Waals surface area contributed by atoms with E-state index < -0.39 is 0 Å². The highest BCUT2D eigenvalue weighted by Gasteiger charge is 2.20. The fraction of sp³-hybridized carbons (Fsp3) is 0.0417. The number of fused-ring (bicyclic) bond motifs is 1. The van der Waals surface area contributed by atoms with E-state index in [-0.39, 0.29) is 18.2 Å². The first-order chi connectivity index (χ1) is 14.2. The zero-order valence-corrected chi connectivity index (χ0v) is 15.5. The Morgan fingerprint density at radius 2 is 1.76 bits per heavy atom. The molecule has 5 nitrogen and oxygen atoms in total. The van der Waals surface area contributed by atoms with Gasteiger partial charge in [-0.25, -0.2) is 0 Å². The Balaban J connectivity index is 1.88. The van der Waals surface area contributed by atoms with Crippen LogP contribution in [0.4, 0.5) is 0 Å². The topological polar surface area (TPSA) is 63.5 Å². The molecule has 1 amide bonds. The first-order valence-electron chi connectivity index (χ1n) is 9.06. The number of terminal acetylenes is 1. The van der Waals surface area contributed by atoms with Gasteiger partial charge in [0.2, 0.25) is 5.78 Å². The third kappa shape index (κ3) is 3.52. The third-order valence-corrected chi connectivity index (χ3v) is 4.65. The first kappa shape index (κ1) is 18.2. The highest BCUT2D eigenvalue weighted by molar-refractivity contribution is 6.12. The number of hydrogen-bond donors (Lipinski definition) is 1. The highest BCUT2D eigenvalue weighted by Crippen LogP contribution is 2.26. The number of pyridine rings is 2. The van der Waals surface area contributed by atoms with Crippen LogP contribution in [0.5, 0.6) is 0 Å². The predicted molar refractivity (Wildman–Crippen MR) is 112 cm³/mol. The van der Waals surface area contributed by atoms with E-state index in [1.165, 1.54) is 0 Å². The lowest BCUT2D eigenvalue weighted by molar-refractivity contribution is 0.0960. The van der Waals surface area contributed by atoms with Crippen LogP contribution >= 0.6 is 0 Å². The van der Waals surface area contributed by atoms with Gasteiger partial charge >= 0.3 is 0 Å². The summed E-state index contributed by atoms with van der Waals surface area (Å²) in [6.07, 6.45) is 10.5. The number of nitrogens with one attached hydrogen (secondary N) is 1. The Kier molecular flexibility index (Phi) is 4.91. The van der Waals surface area contributed by atoms with Crippen molar-refractivity contribution in [1.29, 1.82) is 0 Å². The molecule has 0 aliphatic heterocycles. The number of carbonyl (C=O) groups excluding carboxylic acids is 2. The zero-order chi connectivity index (χ0) is 20.2. The van der Waals surface area contributed by atoms with E-state index in [4.69, 9.17) is 6.42 Å². The Hall–Kier alpha value is -4.17. The van der Waals surface area contributed by atoms with Gasteiger partial charge in [0.25, 0.3) is 5.91 Å². The molecular formula is C24H17N3O2. The summed E-state index contributed by atoms with van der Waals surface area (Å²) in [6.45, 7) is 0.113. The normalized spacial score (nSPS) is 10.4. The van der Waals surface area contributed by atoms with Crippen molar-refractivity contribution in [3.8, 4) is 23.5 Å². The van der Waals surface area contributed by atoms with Gasteiger partial charge < -0.3 is 9.72 Å². The molecule has 5 heteroatoms. The van der Waals surface area contributed by atoms with E-state index in [0.29, 0.717) is 22.3 Å². The van der Waals surface area contributed by atoms with Gasteiger partial charge in [0, 0.05) is 24.2 Å². The number of amides is 1. The molecule has 0 aliphatic rings. The molecule has 0 spiro atoms. The minimum Gasteiger partial charge on any atom is -0.341 e. The molecule has 0 atom stereocenters. The predicted octanol–water partition coefficient (Wildman–Crippen LogP) is 3.60. The van der Waals surface area contributed by atoms with E-state index in [1.807, 2.05) is 42.5 Å². The molecule has 0 radical (unpaired) electrons. The van der Waals surface area contributed by atoms with E-state index in [1.54, 1.807) is 41.2 Å². The summed E-state index contributed by atoms with van der Waals surface area (Å²) >= 11 is 0. The number of hydrogen-bond acceptors (Lipinski definition) is 3. The highest BCUT2D eigenvalue weighted by atomic mass is 16.1. The largest absolute Gasteiger partial charge is 0.341 e. The molecule has 3 aromatic heterocycles. The van der Waals surface area contributed by atoms with Crippen molar-refractivity contribution in [1.82, 2.24) is 14.7 Å². The van der Waals surface area contributed by atoms with Gasteiger partial charge in [-0.15, -0.1) is 6.42 Å². The SMILES string of the molecule is C#CCNC(=O)c1cc(C(=O)c2ccccc2)n2ccc(-c3ccncc3)cc12. The average molecular weight is 379 g/mol. The van der Waals surface area contributed by atoms with Crippen molar-refractivity contribution >= 4 is 17.2 Å². The number of benzene rings is 1. The standard InChI is InChI=1S/C24H17N3O2/c1-2-11-26-24(29)20-16-22(23(28)18-6-4-3-5-7-18)27-14-10-19(15-21(20)27)17-8-12-25-13-9-17/h1,3-10,12-16H,11H2,(H,26,29). The molecule has 0 bridgehead atoms. The van der Waals surface area contributed by atoms with E-state index in [9.17, 15) is 9.59 Å². The smallest absolute Gasteiger partial charge is 0.254 e. The number of aromatic nitrogens is 2. The molecule has 0 aliphatic carbocycles. The van der Waals surface area contributed by atoms with Crippen LogP contribution in [-0.2, 0) is 0 Å². The van der Waals surface area contributed by atoms with E-state index in [2.05, 4.69) is 16.2 Å². The molecule has 140 valence electrons. The first-order valence-corrected chi connectivity index (χ1v) is 9.06. The average Bonchev–Trinajstić information content (AvgIpc) is 3.17. The molecule has 0 fully saturated rings. The zero-order valence-electron chi connectivity index (χ0n) is 15.5. The maximum absolute atomic E-state index is 13.1. The summed E-state index contributed by atoms with van der Waals surface area (Å²) in [4.78, 5) is 29.8. The summed E-state index contributed by atoms with van der Waals surface area (Å²) in [5.41, 5.74) is 3.89. The van der Waals surface area contributed by atoms with Crippen molar-refractivity contribution in [2.24, 2.45) is 0 Å². The molecule has 0 saturated carbocycles. The lowest BCUT2D eigenvalue weighted by Crippen LogP contribution is -2.23. The van der Waals surface area contributed by atoms with Crippen molar-refractivity contribution in [3.05, 3.63) is 96.1 Å². The molecule has 1 N–H and O–H groups in total. The molecule has 29 heavy (non-hydrogen) atoms. The van der Waals surface area contributed by atoms with Gasteiger partial charge in [-0.05, 0) is 41.5 Å². The minimum atomic E-state index is -0.320. The fourth-order valence-electron chi connectivity index (χ4n) is 3.24. The Morgan fingerprint density at radius 1 is 1.00 bits per heavy atom.